The number of aryl methyl sites for hydroxylation is 2. The summed E-state index contributed by atoms with van der Waals surface area (Å²) < 4.78 is 0. The monoisotopic (exact) mass is 258 g/mol. The molecule has 1 aliphatic heterocycles. The third-order valence-corrected chi connectivity index (χ3v) is 3.97. The number of hydrogen-bond acceptors (Lipinski definition) is 3. The van der Waals surface area contributed by atoms with Crippen molar-refractivity contribution in [2.45, 2.75) is 19.8 Å². The summed E-state index contributed by atoms with van der Waals surface area (Å²) >= 11 is 1.52. The molecule has 2 aromatic rings. The third-order valence-electron chi connectivity index (χ3n) is 3.19. The van der Waals surface area contributed by atoms with E-state index < -0.39 is 0 Å². The maximum atomic E-state index is 12.4. The molecule has 0 atom stereocenters. The summed E-state index contributed by atoms with van der Waals surface area (Å²) in [5, 5.41) is 2.78. The van der Waals surface area contributed by atoms with Crippen molar-refractivity contribution in [3.8, 4) is 0 Å². The fraction of sp³-hybridized carbons (Fsp3) is 0.286. The highest BCUT2D eigenvalue weighted by Gasteiger charge is 2.24. The number of amides is 1. The van der Waals surface area contributed by atoms with Crippen LogP contribution in [0.3, 0.4) is 0 Å². The summed E-state index contributed by atoms with van der Waals surface area (Å²) in [6.45, 7) is 2.71. The Bertz CT molecular complexity index is 591. The molecular formula is C14H14N2OS. The van der Waals surface area contributed by atoms with Gasteiger partial charge in [0.2, 0.25) is 0 Å². The summed E-state index contributed by atoms with van der Waals surface area (Å²) in [5.74, 6) is 0.0199. The minimum absolute atomic E-state index is 0.0199. The Hall–Kier alpha value is -1.68. The van der Waals surface area contributed by atoms with Crippen molar-refractivity contribution in [3.63, 3.8) is 0 Å². The number of carbonyl (C=O) groups excluding carboxylic acids is 1. The zero-order valence-electron chi connectivity index (χ0n) is 10.2. The zero-order valence-corrected chi connectivity index (χ0v) is 11.0. The first-order chi connectivity index (χ1) is 8.75. The third kappa shape index (κ3) is 1.93. The average Bonchev–Trinajstić information content (AvgIpc) is 2.84. The molecule has 2 heterocycles. The molecule has 0 bridgehead atoms. The van der Waals surface area contributed by atoms with Gasteiger partial charge < -0.3 is 4.90 Å². The Morgan fingerprint density at radius 3 is 3.00 bits per heavy atom. The molecule has 1 aromatic heterocycles. The lowest BCUT2D eigenvalue weighted by molar-refractivity contribution is 0.0981. The number of aromatic nitrogens is 1. The van der Waals surface area contributed by atoms with Crippen LogP contribution in [0.15, 0.2) is 29.6 Å². The molecule has 0 N–H and O–H groups in total. The maximum Gasteiger partial charge on any atom is 0.277 e. The minimum Gasteiger partial charge on any atom is -0.307 e. The van der Waals surface area contributed by atoms with Crippen molar-refractivity contribution in [3.05, 3.63) is 45.9 Å². The smallest absolute Gasteiger partial charge is 0.277 e. The predicted octanol–water partition coefficient (Wildman–Crippen LogP) is 3.04. The molecule has 0 unspecified atom stereocenters. The van der Waals surface area contributed by atoms with Gasteiger partial charge in [0, 0.05) is 17.6 Å². The van der Waals surface area contributed by atoms with E-state index in [1.807, 2.05) is 35.4 Å². The molecule has 1 aliphatic rings. The van der Waals surface area contributed by atoms with Crippen molar-refractivity contribution < 1.29 is 4.79 Å². The van der Waals surface area contributed by atoms with E-state index in [0.717, 1.165) is 30.1 Å². The van der Waals surface area contributed by atoms with E-state index in [0.29, 0.717) is 5.69 Å². The highest BCUT2D eigenvalue weighted by atomic mass is 32.1. The molecule has 0 spiro atoms. The maximum absolute atomic E-state index is 12.4. The summed E-state index contributed by atoms with van der Waals surface area (Å²) in [5.41, 5.74) is 2.86. The van der Waals surface area contributed by atoms with Gasteiger partial charge in [0.15, 0.2) is 0 Å². The fourth-order valence-corrected chi connectivity index (χ4v) is 2.93. The van der Waals surface area contributed by atoms with E-state index in [2.05, 4.69) is 11.1 Å². The van der Waals surface area contributed by atoms with Gasteiger partial charge in [-0.25, -0.2) is 4.98 Å². The van der Waals surface area contributed by atoms with Crippen molar-refractivity contribution in [2.75, 3.05) is 11.4 Å². The molecule has 3 rings (SSSR count). The van der Waals surface area contributed by atoms with Gasteiger partial charge in [-0.05, 0) is 31.4 Å². The fourth-order valence-electron chi connectivity index (χ4n) is 2.34. The van der Waals surface area contributed by atoms with Crippen LogP contribution in [0.25, 0.3) is 0 Å². The van der Waals surface area contributed by atoms with Crippen molar-refractivity contribution >= 4 is 22.9 Å². The highest BCUT2D eigenvalue weighted by molar-refractivity contribution is 7.09. The minimum atomic E-state index is 0.0199. The van der Waals surface area contributed by atoms with Gasteiger partial charge in [0.25, 0.3) is 5.91 Å². The summed E-state index contributed by atoms with van der Waals surface area (Å²) in [6, 6.07) is 8.13. The van der Waals surface area contributed by atoms with Crippen LogP contribution in [-0.4, -0.2) is 17.4 Å². The van der Waals surface area contributed by atoms with E-state index in [-0.39, 0.29) is 5.91 Å². The summed E-state index contributed by atoms with van der Waals surface area (Å²) in [6.07, 6.45) is 2.07. The normalized spacial score (nSPS) is 14.4. The lowest BCUT2D eigenvalue weighted by Crippen LogP contribution is -2.35. The van der Waals surface area contributed by atoms with Gasteiger partial charge in [-0.15, -0.1) is 11.3 Å². The molecule has 3 nitrogen and oxygen atoms in total. The number of para-hydroxylation sites is 1. The first kappa shape index (κ1) is 11.4. The Balaban J connectivity index is 1.96. The number of anilines is 1. The van der Waals surface area contributed by atoms with Crippen LogP contribution in [-0.2, 0) is 6.42 Å². The number of benzene rings is 1. The van der Waals surface area contributed by atoms with Crippen LogP contribution in [0.1, 0.15) is 27.5 Å². The van der Waals surface area contributed by atoms with Crippen LogP contribution in [0.5, 0.6) is 0 Å². The Morgan fingerprint density at radius 1 is 1.39 bits per heavy atom. The largest absolute Gasteiger partial charge is 0.307 e. The van der Waals surface area contributed by atoms with Crippen LogP contribution < -0.4 is 4.90 Å². The molecule has 0 saturated carbocycles. The SMILES string of the molecule is Cc1nc(C(=O)N2CCCc3ccccc32)cs1. The van der Waals surface area contributed by atoms with Crippen molar-refractivity contribution in [1.82, 2.24) is 4.98 Å². The molecule has 0 saturated heterocycles. The molecule has 0 radical (unpaired) electrons. The second-order valence-electron chi connectivity index (χ2n) is 4.44. The van der Waals surface area contributed by atoms with Crippen LogP contribution in [0.2, 0.25) is 0 Å². The number of fused-ring (bicyclic) bond motifs is 1. The highest BCUT2D eigenvalue weighted by Crippen LogP contribution is 2.28. The van der Waals surface area contributed by atoms with Crippen molar-refractivity contribution in [2.24, 2.45) is 0 Å². The van der Waals surface area contributed by atoms with E-state index in [1.165, 1.54) is 16.9 Å². The Morgan fingerprint density at radius 2 is 2.22 bits per heavy atom. The second kappa shape index (κ2) is 4.53. The second-order valence-corrected chi connectivity index (χ2v) is 5.50. The molecule has 1 amide bonds. The first-order valence-electron chi connectivity index (χ1n) is 6.07. The van der Waals surface area contributed by atoms with Gasteiger partial charge in [-0.2, -0.15) is 0 Å². The van der Waals surface area contributed by atoms with Crippen LogP contribution in [0, 0.1) is 6.92 Å². The molecular weight excluding hydrogens is 244 g/mol. The molecule has 0 aliphatic carbocycles. The first-order valence-corrected chi connectivity index (χ1v) is 6.95. The predicted molar refractivity (Wildman–Crippen MR) is 73.3 cm³/mol. The van der Waals surface area contributed by atoms with E-state index in [4.69, 9.17) is 0 Å². The molecule has 18 heavy (non-hydrogen) atoms. The lowest BCUT2D eigenvalue weighted by atomic mass is 10.0. The van der Waals surface area contributed by atoms with Gasteiger partial charge >= 0.3 is 0 Å². The average molecular weight is 258 g/mol. The van der Waals surface area contributed by atoms with Gasteiger partial charge in [-0.3, -0.25) is 4.79 Å². The standard InChI is InChI=1S/C14H14N2OS/c1-10-15-12(9-18-10)14(17)16-8-4-6-11-5-2-3-7-13(11)16/h2-3,5,7,9H,4,6,8H2,1H3. The molecule has 92 valence electrons. The van der Waals surface area contributed by atoms with Crippen LogP contribution in [0.4, 0.5) is 5.69 Å². The van der Waals surface area contributed by atoms with Crippen LogP contribution >= 0.6 is 11.3 Å². The number of thiazole rings is 1. The van der Waals surface area contributed by atoms with E-state index >= 15 is 0 Å². The molecule has 1 aromatic carbocycles. The van der Waals surface area contributed by atoms with Gasteiger partial charge in [0.05, 0.1) is 5.01 Å². The number of nitrogens with zero attached hydrogens (tertiary/aromatic N) is 2. The number of hydrogen-bond donors (Lipinski definition) is 0. The van der Waals surface area contributed by atoms with Gasteiger partial charge in [-0.1, -0.05) is 18.2 Å². The van der Waals surface area contributed by atoms with Gasteiger partial charge in [0.1, 0.15) is 5.69 Å². The molecule has 4 heteroatoms. The number of carbonyl (C=O) groups is 1. The Kier molecular flexibility index (Phi) is 2.88. The summed E-state index contributed by atoms with van der Waals surface area (Å²) in [7, 11) is 0. The topological polar surface area (TPSA) is 33.2 Å². The molecule has 0 fully saturated rings. The zero-order chi connectivity index (χ0) is 12.5. The van der Waals surface area contributed by atoms with E-state index in [9.17, 15) is 4.79 Å². The lowest BCUT2D eigenvalue weighted by Gasteiger charge is -2.28. The Labute approximate surface area is 110 Å². The van der Waals surface area contributed by atoms with Crippen molar-refractivity contribution in [1.29, 1.82) is 0 Å². The quantitative estimate of drug-likeness (QED) is 0.787. The summed E-state index contributed by atoms with van der Waals surface area (Å²) in [4.78, 5) is 18.6. The number of rotatable bonds is 1. The van der Waals surface area contributed by atoms with E-state index in [1.54, 1.807) is 0 Å².